The first kappa shape index (κ1) is 14.1. The van der Waals surface area contributed by atoms with E-state index in [4.69, 9.17) is 0 Å². The lowest BCUT2D eigenvalue weighted by molar-refractivity contribution is 0.706. The van der Waals surface area contributed by atoms with Gasteiger partial charge in [-0.3, -0.25) is 4.68 Å². The first-order valence-corrected chi connectivity index (χ1v) is 7.33. The maximum absolute atomic E-state index is 4.51. The van der Waals surface area contributed by atoms with E-state index in [0.29, 0.717) is 0 Å². The monoisotopic (exact) mass is 321 g/mol. The molecule has 0 atom stereocenters. The van der Waals surface area contributed by atoms with E-state index < -0.39 is 0 Å². The molecule has 1 aromatic carbocycles. The topological polar surface area (TPSA) is 29.9 Å². The van der Waals surface area contributed by atoms with Crippen molar-refractivity contribution < 1.29 is 0 Å². The van der Waals surface area contributed by atoms with Crippen molar-refractivity contribution in [1.29, 1.82) is 0 Å². The van der Waals surface area contributed by atoms with E-state index in [1.807, 2.05) is 11.7 Å². The summed E-state index contributed by atoms with van der Waals surface area (Å²) in [6.07, 6.45) is 0.942. The van der Waals surface area contributed by atoms with E-state index in [1.165, 1.54) is 16.8 Å². The molecule has 0 radical (unpaired) electrons. The Morgan fingerprint density at radius 1 is 1.21 bits per heavy atom. The number of aryl methyl sites for hydroxylation is 4. The van der Waals surface area contributed by atoms with Gasteiger partial charge in [-0.05, 0) is 59.5 Å². The highest BCUT2D eigenvalue weighted by Gasteiger charge is 2.11. The molecule has 3 nitrogen and oxygen atoms in total. The fourth-order valence-electron chi connectivity index (χ4n) is 2.27. The number of hydrogen-bond acceptors (Lipinski definition) is 2. The minimum Gasteiger partial charge on any atom is -0.379 e. The third kappa shape index (κ3) is 3.18. The van der Waals surface area contributed by atoms with Gasteiger partial charge in [-0.1, -0.05) is 13.0 Å². The van der Waals surface area contributed by atoms with Gasteiger partial charge in [0.15, 0.2) is 0 Å². The predicted octanol–water partition coefficient (Wildman–Crippen LogP) is 3.97. The van der Waals surface area contributed by atoms with Crippen molar-refractivity contribution in [2.75, 3.05) is 5.32 Å². The standard InChI is InChI=1S/C15H20BrN3/c1-5-13-15(16)14(19(4)18-13)9-17-12-7-10(2)6-11(3)8-12/h6-8,17H,5,9H2,1-4H3. The zero-order valence-electron chi connectivity index (χ0n) is 11.9. The van der Waals surface area contributed by atoms with Gasteiger partial charge < -0.3 is 5.32 Å². The van der Waals surface area contributed by atoms with E-state index in [9.17, 15) is 0 Å². The van der Waals surface area contributed by atoms with Crippen molar-refractivity contribution in [3.63, 3.8) is 0 Å². The predicted molar refractivity (Wildman–Crippen MR) is 83.5 cm³/mol. The number of nitrogens with one attached hydrogen (secondary N) is 1. The average Bonchev–Trinajstić information content (AvgIpc) is 2.61. The first-order chi connectivity index (χ1) is 9.01. The lowest BCUT2D eigenvalue weighted by atomic mass is 10.1. The Hall–Kier alpha value is -1.29. The van der Waals surface area contributed by atoms with Crippen LogP contribution in [0.4, 0.5) is 5.69 Å². The third-order valence-electron chi connectivity index (χ3n) is 3.18. The lowest BCUT2D eigenvalue weighted by Gasteiger charge is -2.09. The Morgan fingerprint density at radius 3 is 2.37 bits per heavy atom. The second-order valence-corrected chi connectivity index (χ2v) is 5.71. The lowest BCUT2D eigenvalue weighted by Crippen LogP contribution is -2.06. The molecule has 0 aliphatic rings. The molecule has 2 aromatic rings. The van der Waals surface area contributed by atoms with Gasteiger partial charge in [0.05, 0.1) is 22.4 Å². The van der Waals surface area contributed by atoms with Crippen molar-refractivity contribution in [2.45, 2.75) is 33.7 Å². The van der Waals surface area contributed by atoms with Crippen LogP contribution in [0, 0.1) is 13.8 Å². The molecule has 0 saturated carbocycles. The van der Waals surface area contributed by atoms with Crippen molar-refractivity contribution >= 4 is 21.6 Å². The summed E-state index contributed by atoms with van der Waals surface area (Å²) in [5.41, 5.74) is 6.00. The number of nitrogens with zero attached hydrogens (tertiary/aromatic N) is 2. The van der Waals surface area contributed by atoms with Crippen LogP contribution in [0.3, 0.4) is 0 Å². The smallest absolute Gasteiger partial charge is 0.0767 e. The van der Waals surface area contributed by atoms with Crippen molar-refractivity contribution in [3.05, 3.63) is 45.2 Å². The number of halogens is 1. The number of aromatic nitrogens is 2. The highest BCUT2D eigenvalue weighted by atomic mass is 79.9. The minimum atomic E-state index is 0.771. The molecule has 1 N–H and O–H groups in total. The second-order valence-electron chi connectivity index (χ2n) is 4.91. The van der Waals surface area contributed by atoms with Crippen molar-refractivity contribution in [1.82, 2.24) is 9.78 Å². The van der Waals surface area contributed by atoms with E-state index in [-0.39, 0.29) is 0 Å². The Morgan fingerprint density at radius 2 is 1.84 bits per heavy atom. The number of hydrogen-bond donors (Lipinski definition) is 1. The van der Waals surface area contributed by atoms with Gasteiger partial charge in [0.1, 0.15) is 0 Å². The van der Waals surface area contributed by atoms with Gasteiger partial charge in [0.25, 0.3) is 0 Å². The van der Waals surface area contributed by atoms with E-state index in [2.05, 4.69) is 65.3 Å². The van der Waals surface area contributed by atoms with Crippen LogP contribution >= 0.6 is 15.9 Å². The molecular formula is C15H20BrN3. The number of rotatable bonds is 4. The molecule has 1 heterocycles. The summed E-state index contributed by atoms with van der Waals surface area (Å²) in [6, 6.07) is 6.51. The molecule has 0 unspecified atom stereocenters. The van der Waals surface area contributed by atoms with E-state index in [0.717, 1.165) is 28.8 Å². The molecule has 19 heavy (non-hydrogen) atoms. The first-order valence-electron chi connectivity index (χ1n) is 6.53. The summed E-state index contributed by atoms with van der Waals surface area (Å²) in [4.78, 5) is 0. The largest absolute Gasteiger partial charge is 0.379 e. The van der Waals surface area contributed by atoms with E-state index in [1.54, 1.807) is 0 Å². The molecule has 102 valence electrons. The molecule has 0 amide bonds. The average molecular weight is 322 g/mol. The number of benzene rings is 1. The van der Waals surface area contributed by atoms with Crippen LogP contribution in [-0.2, 0) is 20.0 Å². The Labute approximate surface area is 123 Å². The second kappa shape index (κ2) is 5.78. The zero-order chi connectivity index (χ0) is 14.0. The summed E-state index contributed by atoms with van der Waals surface area (Å²) < 4.78 is 3.06. The van der Waals surface area contributed by atoms with Gasteiger partial charge in [0, 0.05) is 12.7 Å². The fourth-order valence-corrected chi connectivity index (χ4v) is 3.03. The van der Waals surface area contributed by atoms with Gasteiger partial charge in [0.2, 0.25) is 0 Å². The molecule has 0 aliphatic heterocycles. The molecule has 0 bridgehead atoms. The Bertz CT molecular complexity index is 567. The van der Waals surface area contributed by atoms with Crippen LogP contribution in [0.2, 0.25) is 0 Å². The molecule has 0 spiro atoms. The molecule has 0 saturated heterocycles. The summed E-state index contributed by atoms with van der Waals surface area (Å²) in [6.45, 7) is 7.13. The SMILES string of the molecule is CCc1nn(C)c(CNc2cc(C)cc(C)c2)c1Br. The van der Waals surface area contributed by atoms with Crippen LogP contribution in [0.25, 0.3) is 0 Å². The molecule has 0 fully saturated rings. The zero-order valence-corrected chi connectivity index (χ0v) is 13.5. The summed E-state index contributed by atoms with van der Waals surface area (Å²) in [5.74, 6) is 0. The maximum Gasteiger partial charge on any atom is 0.0767 e. The number of anilines is 1. The van der Waals surface area contributed by atoms with Crippen LogP contribution in [-0.4, -0.2) is 9.78 Å². The highest BCUT2D eigenvalue weighted by Crippen LogP contribution is 2.23. The van der Waals surface area contributed by atoms with Gasteiger partial charge >= 0.3 is 0 Å². The summed E-state index contributed by atoms with van der Waals surface area (Å²) in [7, 11) is 1.99. The van der Waals surface area contributed by atoms with Gasteiger partial charge in [-0.25, -0.2) is 0 Å². The van der Waals surface area contributed by atoms with Crippen molar-refractivity contribution in [2.24, 2.45) is 7.05 Å². The van der Waals surface area contributed by atoms with E-state index >= 15 is 0 Å². The summed E-state index contributed by atoms with van der Waals surface area (Å²) in [5, 5.41) is 7.98. The molecular weight excluding hydrogens is 302 g/mol. The fraction of sp³-hybridized carbons (Fsp3) is 0.400. The highest BCUT2D eigenvalue weighted by molar-refractivity contribution is 9.10. The van der Waals surface area contributed by atoms with Crippen LogP contribution in [0.15, 0.2) is 22.7 Å². The molecule has 1 aromatic heterocycles. The van der Waals surface area contributed by atoms with Crippen LogP contribution < -0.4 is 5.32 Å². The minimum absolute atomic E-state index is 0.771. The molecule has 0 aliphatic carbocycles. The molecule has 4 heteroatoms. The van der Waals surface area contributed by atoms with Crippen LogP contribution in [0.1, 0.15) is 29.4 Å². The van der Waals surface area contributed by atoms with Crippen LogP contribution in [0.5, 0.6) is 0 Å². The van der Waals surface area contributed by atoms with Gasteiger partial charge in [-0.2, -0.15) is 5.10 Å². The summed E-state index contributed by atoms with van der Waals surface area (Å²) >= 11 is 3.64. The molecule has 2 rings (SSSR count). The maximum atomic E-state index is 4.51. The normalized spacial score (nSPS) is 10.8. The Balaban J connectivity index is 2.16. The van der Waals surface area contributed by atoms with Gasteiger partial charge in [-0.15, -0.1) is 0 Å². The Kier molecular flexibility index (Phi) is 4.30. The third-order valence-corrected chi connectivity index (χ3v) is 4.10. The van der Waals surface area contributed by atoms with Crippen molar-refractivity contribution in [3.8, 4) is 0 Å². The quantitative estimate of drug-likeness (QED) is 0.923.